The van der Waals surface area contributed by atoms with E-state index in [0.29, 0.717) is 45.0 Å². The minimum absolute atomic E-state index is 0. The molecule has 0 radical (unpaired) electrons. The van der Waals surface area contributed by atoms with Crippen molar-refractivity contribution < 1.29 is 85.3 Å². The van der Waals surface area contributed by atoms with E-state index in [1.165, 1.54) is 86.9 Å². The van der Waals surface area contributed by atoms with Crippen LogP contribution in [0.2, 0.25) is 0 Å². The molecule has 2 heterocycles. The Balaban J connectivity index is 0.000000453. The van der Waals surface area contributed by atoms with Crippen LogP contribution in [0.5, 0.6) is 0 Å². The summed E-state index contributed by atoms with van der Waals surface area (Å²) in [6.07, 6.45) is 1.16. The number of carbonyl (C=O) groups excluding carboxylic acids is 2. The maximum Gasteiger partial charge on any atom is 2.00 e. The minimum atomic E-state index is -3.66. The number of halogens is 2. The molecule has 4 N–H and O–H groups in total. The molecule has 0 fully saturated rings. The van der Waals surface area contributed by atoms with Crippen molar-refractivity contribution in [3.63, 3.8) is 0 Å². The molecule has 2 aromatic heterocycles. The predicted molar refractivity (Wildman–Crippen MR) is 240 cm³/mol. The molecule has 4 atom stereocenters. The number of carboxylic acids is 2. The molecule has 360 valence electrons. The Labute approximate surface area is 401 Å². The van der Waals surface area contributed by atoms with E-state index in [2.05, 4.69) is 19.9 Å². The molecule has 0 saturated heterocycles. The van der Waals surface area contributed by atoms with Gasteiger partial charge in [0.2, 0.25) is 31.9 Å². The number of hydrogen-bond donors (Lipinski definition) is 4. The first-order valence-electron chi connectivity index (χ1n) is 20.3. The van der Waals surface area contributed by atoms with Crippen LogP contribution in [0.25, 0.3) is 34.7 Å². The van der Waals surface area contributed by atoms with Gasteiger partial charge in [-0.15, -0.1) is 0 Å². The van der Waals surface area contributed by atoms with Gasteiger partial charge in [-0.3, -0.25) is 0 Å². The standard InChI is InChI=1S/2C22H28FN3O6S.Zn/c2*1-13(2)20-18(10-9-16(27)11-17(28)12-19(29)30)21(14-5-7-15(23)8-6-14)25-22(24-20)26(3)33(4,31)32;/h2*5-10,13,16-17,27-28H,11-12H2,1-4H3,(H,29,30);/q;;+2/p-2/b2*10-9+;/t2*16-,17-;/m11./s1. The number of nitrogens with zero attached hydrogens (tertiary/aromatic N) is 6. The smallest absolute Gasteiger partial charge is 0.550 e. The summed E-state index contributed by atoms with van der Waals surface area (Å²) >= 11 is 0. The zero-order valence-corrected chi connectivity index (χ0v) is 42.8. The van der Waals surface area contributed by atoms with Gasteiger partial charge in [0.25, 0.3) is 0 Å². The van der Waals surface area contributed by atoms with Crippen molar-refractivity contribution in [2.75, 3.05) is 35.2 Å². The molecule has 0 amide bonds. The molecule has 0 saturated carbocycles. The Morgan fingerprint density at radius 3 is 1.16 bits per heavy atom. The second-order valence-electron chi connectivity index (χ2n) is 15.9. The molecule has 2 aromatic carbocycles. The molecule has 0 aliphatic rings. The molecule has 4 aromatic rings. The van der Waals surface area contributed by atoms with Crippen molar-refractivity contribution in [2.24, 2.45) is 0 Å². The number of aliphatic hydroxyl groups is 4. The van der Waals surface area contributed by atoms with Crippen LogP contribution >= 0.6 is 0 Å². The number of sulfonamides is 2. The fourth-order valence-corrected chi connectivity index (χ4v) is 6.83. The molecular formula is C44H54F2N6O12S2Zn. The average Bonchev–Trinajstić information content (AvgIpc) is 3.20. The van der Waals surface area contributed by atoms with Gasteiger partial charge in [-0.1, -0.05) is 52.0 Å². The minimum Gasteiger partial charge on any atom is -0.550 e. The fraction of sp³-hybridized carbons (Fsp3) is 0.409. The number of carboxylic acid groups (broad SMARTS) is 2. The Morgan fingerprint density at radius 1 is 0.612 bits per heavy atom. The predicted octanol–water partition coefficient (Wildman–Crippen LogP) is 2.13. The van der Waals surface area contributed by atoms with Gasteiger partial charge >= 0.3 is 19.5 Å². The van der Waals surface area contributed by atoms with Gasteiger partial charge in [0.05, 0.1) is 59.7 Å². The normalized spacial score (nSPS) is 13.7. The van der Waals surface area contributed by atoms with Crippen LogP contribution in [0.4, 0.5) is 20.7 Å². The number of anilines is 2. The molecule has 4 rings (SSSR count). The molecule has 18 nitrogen and oxygen atoms in total. The van der Waals surface area contributed by atoms with E-state index in [9.17, 15) is 65.8 Å². The van der Waals surface area contributed by atoms with Crippen LogP contribution in [-0.2, 0) is 49.1 Å². The second-order valence-corrected chi connectivity index (χ2v) is 19.9. The summed E-state index contributed by atoms with van der Waals surface area (Å²) in [4.78, 5) is 38.9. The quantitative estimate of drug-likeness (QED) is 0.0923. The van der Waals surface area contributed by atoms with Crippen molar-refractivity contribution in [1.82, 2.24) is 19.9 Å². The zero-order valence-electron chi connectivity index (χ0n) is 38.2. The Hall–Kier alpha value is -5.16. The van der Waals surface area contributed by atoms with Gasteiger partial charge < -0.3 is 40.2 Å². The molecule has 0 aliphatic heterocycles. The van der Waals surface area contributed by atoms with Crippen LogP contribution < -0.4 is 18.8 Å². The van der Waals surface area contributed by atoms with Gasteiger partial charge in [-0.25, -0.2) is 54.2 Å². The van der Waals surface area contributed by atoms with Crippen molar-refractivity contribution in [1.29, 1.82) is 0 Å². The van der Waals surface area contributed by atoms with Crippen molar-refractivity contribution >= 4 is 56.0 Å². The average molecular weight is 1030 g/mol. The number of aliphatic hydroxyl groups excluding tert-OH is 4. The van der Waals surface area contributed by atoms with Crippen molar-refractivity contribution in [3.05, 3.63) is 94.8 Å². The van der Waals surface area contributed by atoms with Gasteiger partial charge in [0, 0.05) is 74.0 Å². The molecular weight excluding hydrogens is 972 g/mol. The SMILES string of the molecule is CC(C)c1nc(N(C)S(C)(=O)=O)nc(-c2ccc(F)cc2)c1/C=C/[C@@H](O)C[C@@H](O)CC(=O)[O-].CC(C)c1nc(N(C)S(C)(=O)=O)nc(-c2ccc(F)cc2)c1/C=C/[C@@H](O)C[C@@H](O)CC(=O)[O-].[Zn+2]. The molecule has 67 heavy (non-hydrogen) atoms. The number of rotatable bonds is 20. The van der Waals surface area contributed by atoms with Gasteiger partial charge in [0.15, 0.2) is 0 Å². The van der Waals surface area contributed by atoms with E-state index in [4.69, 9.17) is 0 Å². The van der Waals surface area contributed by atoms with E-state index in [-0.39, 0.29) is 56.1 Å². The largest absolute Gasteiger partial charge is 2.00 e. The topological polar surface area (TPSA) is 287 Å². The molecule has 0 bridgehead atoms. The number of hydrogen-bond acceptors (Lipinski definition) is 16. The van der Waals surface area contributed by atoms with E-state index in [1.54, 1.807) is 0 Å². The van der Waals surface area contributed by atoms with Gasteiger partial charge in [-0.05, 0) is 60.4 Å². The first-order valence-corrected chi connectivity index (χ1v) is 24.0. The van der Waals surface area contributed by atoms with E-state index >= 15 is 0 Å². The van der Waals surface area contributed by atoms with Crippen LogP contribution in [0.3, 0.4) is 0 Å². The van der Waals surface area contributed by atoms with Crippen LogP contribution in [-0.4, -0.2) is 120 Å². The number of aliphatic carboxylic acids is 2. The van der Waals surface area contributed by atoms with Crippen LogP contribution in [0.15, 0.2) is 60.7 Å². The number of benzene rings is 2. The fourth-order valence-electron chi connectivity index (χ4n) is 6.07. The van der Waals surface area contributed by atoms with E-state index < -0.39 is 80.9 Å². The summed E-state index contributed by atoms with van der Waals surface area (Å²) in [6.45, 7) is 7.38. The Kier molecular flexibility index (Phi) is 21.9. The summed E-state index contributed by atoms with van der Waals surface area (Å²) in [6, 6.07) is 10.9. The summed E-state index contributed by atoms with van der Waals surface area (Å²) < 4.78 is 77.1. The summed E-state index contributed by atoms with van der Waals surface area (Å²) in [5.74, 6) is -4.28. The maximum absolute atomic E-state index is 13.5. The summed E-state index contributed by atoms with van der Waals surface area (Å²) in [5, 5.41) is 61.1. The molecule has 0 unspecified atom stereocenters. The van der Waals surface area contributed by atoms with Crippen LogP contribution in [0.1, 0.15) is 87.7 Å². The summed E-state index contributed by atoms with van der Waals surface area (Å²) in [5.41, 5.74) is 3.52. The van der Waals surface area contributed by atoms with E-state index in [1.807, 2.05) is 27.7 Å². The van der Waals surface area contributed by atoms with Gasteiger partial charge in [-0.2, -0.15) is 0 Å². The third-order valence-corrected chi connectivity index (χ3v) is 11.9. The monoisotopic (exact) mass is 1020 g/mol. The summed E-state index contributed by atoms with van der Waals surface area (Å²) in [7, 11) is -4.67. The van der Waals surface area contributed by atoms with Crippen molar-refractivity contribution in [2.45, 2.75) is 89.6 Å². The van der Waals surface area contributed by atoms with E-state index in [0.717, 1.165) is 21.1 Å². The maximum atomic E-state index is 13.5. The Morgan fingerprint density at radius 2 is 0.910 bits per heavy atom. The third kappa shape index (κ3) is 17.8. The first-order chi connectivity index (χ1) is 30.6. The zero-order chi connectivity index (χ0) is 49.8. The molecule has 0 spiro atoms. The second kappa shape index (κ2) is 25.3. The molecule has 0 aliphatic carbocycles. The Bertz CT molecular complexity index is 2430. The van der Waals surface area contributed by atoms with Crippen molar-refractivity contribution in [3.8, 4) is 22.5 Å². The first kappa shape index (κ1) is 58.0. The molecule has 23 heteroatoms. The third-order valence-electron chi connectivity index (χ3n) is 9.62. The number of aromatic nitrogens is 4. The van der Waals surface area contributed by atoms with Gasteiger partial charge in [0.1, 0.15) is 11.6 Å². The number of carbonyl (C=O) groups is 2. The van der Waals surface area contributed by atoms with Crippen LogP contribution in [0, 0.1) is 11.6 Å².